The molecule has 0 amide bonds. The van der Waals surface area contributed by atoms with Gasteiger partial charge in [0.25, 0.3) is 0 Å². The molecule has 3 heteroatoms. The minimum Gasteiger partial charge on any atom is -0.365 e. The number of thiophene rings is 1. The quantitative estimate of drug-likeness (QED) is 0.757. The Balaban J connectivity index is 1.89. The van der Waals surface area contributed by atoms with Crippen molar-refractivity contribution < 1.29 is 0 Å². The first-order valence-corrected chi connectivity index (χ1v) is 6.88. The zero-order valence-electron chi connectivity index (χ0n) is 10.2. The van der Waals surface area contributed by atoms with Crippen LogP contribution in [-0.2, 0) is 6.54 Å². The fourth-order valence-corrected chi connectivity index (χ4v) is 2.86. The number of rotatable bonds is 3. The van der Waals surface area contributed by atoms with E-state index in [4.69, 9.17) is 0 Å². The molecule has 0 bridgehead atoms. The SMILES string of the molecule is Cc1cscc1CNc1nccc2ccccc12. The number of nitrogens with zero attached hydrogens (tertiary/aromatic N) is 1. The minimum absolute atomic E-state index is 0.830. The van der Waals surface area contributed by atoms with Gasteiger partial charge in [-0.2, -0.15) is 11.3 Å². The summed E-state index contributed by atoms with van der Waals surface area (Å²) in [5, 5.41) is 10.2. The van der Waals surface area contributed by atoms with Gasteiger partial charge in [0.1, 0.15) is 5.82 Å². The van der Waals surface area contributed by atoms with Crippen LogP contribution in [0.15, 0.2) is 47.3 Å². The van der Waals surface area contributed by atoms with Gasteiger partial charge in [0.05, 0.1) is 0 Å². The maximum Gasteiger partial charge on any atom is 0.134 e. The van der Waals surface area contributed by atoms with Crippen molar-refractivity contribution in [3.8, 4) is 0 Å². The van der Waals surface area contributed by atoms with Crippen LogP contribution in [0, 0.1) is 6.92 Å². The van der Waals surface area contributed by atoms with E-state index in [2.05, 4.69) is 46.2 Å². The monoisotopic (exact) mass is 254 g/mol. The molecule has 3 rings (SSSR count). The first-order valence-electron chi connectivity index (χ1n) is 5.94. The summed E-state index contributed by atoms with van der Waals surface area (Å²) < 4.78 is 0. The molecule has 0 atom stereocenters. The molecule has 0 radical (unpaired) electrons. The molecule has 2 aromatic heterocycles. The number of benzene rings is 1. The number of anilines is 1. The van der Waals surface area contributed by atoms with E-state index in [1.165, 1.54) is 21.9 Å². The van der Waals surface area contributed by atoms with Gasteiger partial charge < -0.3 is 5.32 Å². The molecule has 0 spiro atoms. The summed E-state index contributed by atoms with van der Waals surface area (Å²) in [7, 11) is 0. The van der Waals surface area contributed by atoms with Crippen LogP contribution in [0.25, 0.3) is 10.8 Å². The summed E-state index contributed by atoms with van der Waals surface area (Å²) in [4.78, 5) is 4.43. The van der Waals surface area contributed by atoms with E-state index in [9.17, 15) is 0 Å². The summed E-state index contributed by atoms with van der Waals surface area (Å²) in [6.07, 6.45) is 1.85. The lowest BCUT2D eigenvalue weighted by molar-refractivity contribution is 1.11. The lowest BCUT2D eigenvalue weighted by Crippen LogP contribution is -2.01. The normalized spacial score (nSPS) is 10.7. The number of aromatic nitrogens is 1. The number of hydrogen-bond donors (Lipinski definition) is 1. The molecule has 0 aliphatic carbocycles. The Bertz CT molecular complexity index is 668. The molecular weight excluding hydrogens is 240 g/mol. The topological polar surface area (TPSA) is 24.9 Å². The summed E-state index contributed by atoms with van der Waals surface area (Å²) in [5.74, 6) is 0.957. The predicted molar refractivity (Wildman–Crippen MR) is 78.1 cm³/mol. The molecule has 2 nitrogen and oxygen atoms in total. The number of aryl methyl sites for hydroxylation is 1. The molecule has 0 saturated carbocycles. The Morgan fingerprint density at radius 3 is 2.89 bits per heavy atom. The standard InChI is InChI=1S/C15H14N2S/c1-11-9-18-10-13(11)8-17-15-14-5-3-2-4-12(14)6-7-16-15/h2-7,9-10H,8H2,1H3,(H,16,17). The van der Waals surface area contributed by atoms with Crippen LogP contribution in [0.4, 0.5) is 5.82 Å². The Labute approximate surface area is 110 Å². The molecule has 0 fully saturated rings. The van der Waals surface area contributed by atoms with Gasteiger partial charge >= 0.3 is 0 Å². The van der Waals surface area contributed by atoms with Gasteiger partial charge in [-0.25, -0.2) is 4.98 Å². The van der Waals surface area contributed by atoms with Crippen molar-refractivity contribution in [2.24, 2.45) is 0 Å². The van der Waals surface area contributed by atoms with Crippen LogP contribution in [0.5, 0.6) is 0 Å². The highest BCUT2D eigenvalue weighted by molar-refractivity contribution is 7.08. The number of hydrogen-bond acceptors (Lipinski definition) is 3. The Morgan fingerprint density at radius 2 is 2.06 bits per heavy atom. The maximum atomic E-state index is 4.43. The first kappa shape index (κ1) is 11.2. The lowest BCUT2D eigenvalue weighted by atomic mass is 10.1. The van der Waals surface area contributed by atoms with Crippen molar-refractivity contribution in [1.29, 1.82) is 0 Å². The van der Waals surface area contributed by atoms with Gasteiger partial charge in [-0.05, 0) is 40.3 Å². The van der Waals surface area contributed by atoms with Crippen molar-refractivity contribution in [2.45, 2.75) is 13.5 Å². The smallest absolute Gasteiger partial charge is 0.134 e. The maximum absolute atomic E-state index is 4.43. The molecule has 3 aromatic rings. The largest absolute Gasteiger partial charge is 0.365 e. The number of pyridine rings is 1. The van der Waals surface area contributed by atoms with Gasteiger partial charge in [-0.1, -0.05) is 24.3 Å². The lowest BCUT2D eigenvalue weighted by Gasteiger charge is -2.08. The van der Waals surface area contributed by atoms with Gasteiger partial charge in [-0.15, -0.1) is 0 Å². The van der Waals surface area contributed by atoms with Crippen molar-refractivity contribution >= 4 is 27.9 Å². The second kappa shape index (κ2) is 4.78. The predicted octanol–water partition coefficient (Wildman–Crippen LogP) is 4.22. The summed E-state index contributed by atoms with van der Waals surface area (Å²) in [6, 6.07) is 10.3. The average Bonchev–Trinajstić information content (AvgIpc) is 2.82. The van der Waals surface area contributed by atoms with Crippen LogP contribution < -0.4 is 5.32 Å². The van der Waals surface area contributed by atoms with Crippen molar-refractivity contribution in [1.82, 2.24) is 4.98 Å². The number of fused-ring (bicyclic) bond motifs is 1. The Kier molecular flexibility index (Phi) is 2.99. The molecule has 0 aliphatic rings. The van der Waals surface area contributed by atoms with E-state index < -0.39 is 0 Å². The molecule has 18 heavy (non-hydrogen) atoms. The molecule has 2 heterocycles. The molecule has 90 valence electrons. The molecule has 0 aliphatic heterocycles. The fourth-order valence-electron chi connectivity index (χ4n) is 2.01. The molecule has 1 aromatic carbocycles. The van der Waals surface area contributed by atoms with Crippen LogP contribution in [0.2, 0.25) is 0 Å². The molecular formula is C15H14N2S. The number of nitrogens with one attached hydrogen (secondary N) is 1. The Hall–Kier alpha value is -1.87. The second-order valence-corrected chi connectivity index (χ2v) is 5.06. The second-order valence-electron chi connectivity index (χ2n) is 4.31. The first-order chi connectivity index (χ1) is 8.84. The van der Waals surface area contributed by atoms with Crippen molar-refractivity contribution in [3.05, 3.63) is 58.4 Å². The van der Waals surface area contributed by atoms with Crippen LogP contribution in [-0.4, -0.2) is 4.98 Å². The highest BCUT2D eigenvalue weighted by Gasteiger charge is 2.03. The van der Waals surface area contributed by atoms with E-state index >= 15 is 0 Å². The summed E-state index contributed by atoms with van der Waals surface area (Å²) in [6.45, 7) is 2.97. The van der Waals surface area contributed by atoms with E-state index in [0.29, 0.717) is 0 Å². The van der Waals surface area contributed by atoms with E-state index in [1.807, 2.05) is 18.3 Å². The average molecular weight is 254 g/mol. The molecule has 0 saturated heterocycles. The van der Waals surface area contributed by atoms with Crippen LogP contribution >= 0.6 is 11.3 Å². The summed E-state index contributed by atoms with van der Waals surface area (Å²) in [5.41, 5.74) is 2.68. The fraction of sp³-hybridized carbons (Fsp3) is 0.133. The van der Waals surface area contributed by atoms with Crippen molar-refractivity contribution in [2.75, 3.05) is 5.32 Å². The third-order valence-electron chi connectivity index (χ3n) is 3.08. The van der Waals surface area contributed by atoms with Gasteiger partial charge in [-0.3, -0.25) is 0 Å². The highest BCUT2D eigenvalue weighted by Crippen LogP contribution is 2.22. The van der Waals surface area contributed by atoms with Crippen LogP contribution in [0.3, 0.4) is 0 Å². The summed E-state index contributed by atoms with van der Waals surface area (Å²) >= 11 is 1.74. The third kappa shape index (κ3) is 2.09. The van der Waals surface area contributed by atoms with Crippen LogP contribution in [0.1, 0.15) is 11.1 Å². The van der Waals surface area contributed by atoms with E-state index in [0.717, 1.165) is 12.4 Å². The Morgan fingerprint density at radius 1 is 1.17 bits per heavy atom. The molecule has 1 N–H and O–H groups in total. The van der Waals surface area contributed by atoms with Gasteiger partial charge in [0.2, 0.25) is 0 Å². The highest BCUT2D eigenvalue weighted by atomic mass is 32.1. The third-order valence-corrected chi connectivity index (χ3v) is 3.99. The van der Waals surface area contributed by atoms with E-state index in [-0.39, 0.29) is 0 Å². The zero-order chi connectivity index (χ0) is 12.4. The van der Waals surface area contributed by atoms with E-state index in [1.54, 1.807) is 11.3 Å². The van der Waals surface area contributed by atoms with Gasteiger partial charge in [0.15, 0.2) is 0 Å². The molecule has 0 unspecified atom stereocenters. The van der Waals surface area contributed by atoms with Gasteiger partial charge in [0, 0.05) is 18.1 Å². The minimum atomic E-state index is 0.830. The van der Waals surface area contributed by atoms with Crippen molar-refractivity contribution in [3.63, 3.8) is 0 Å². The zero-order valence-corrected chi connectivity index (χ0v) is 11.0.